The summed E-state index contributed by atoms with van der Waals surface area (Å²) in [5, 5.41) is 12.2. The number of nitrogens with zero attached hydrogens (tertiary/aromatic N) is 1. The Balaban J connectivity index is 0.00000121. The van der Waals surface area contributed by atoms with Gasteiger partial charge in [0.25, 0.3) is 0 Å². The Kier molecular flexibility index (Phi) is 5.88. The van der Waals surface area contributed by atoms with E-state index in [0.717, 1.165) is 13.0 Å². The molecule has 0 radical (unpaired) electrons. The molecule has 0 bridgehead atoms. The third-order valence-corrected chi connectivity index (χ3v) is 5.00. The molecule has 0 spiro atoms. The van der Waals surface area contributed by atoms with Crippen molar-refractivity contribution in [2.24, 2.45) is 0 Å². The van der Waals surface area contributed by atoms with Gasteiger partial charge in [-0.1, -0.05) is 29.8 Å². The second kappa shape index (κ2) is 7.27. The van der Waals surface area contributed by atoms with Gasteiger partial charge in [-0.25, -0.2) is 0 Å². The van der Waals surface area contributed by atoms with Crippen LogP contribution in [0.5, 0.6) is 0 Å². The second-order valence-electron chi connectivity index (χ2n) is 4.85. The molecule has 3 nitrogen and oxygen atoms in total. The molecule has 2 heterocycles. The number of hydrogen-bond acceptors (Lipinski definition) is 3. The summed E-state index contributed by atoms with van der Waals surface area (Å²) >= 11 is 7.92. The SMILES string of the molecule is O=C(O)[C@H](c1ccccc1Cl)N1CCc2sccc2C1.[H-].[Na+]. The molecule has 0 saturated heterocycles. The van der Waals surface area contributed by atoms with Gasteiger partial charge in [-0.05, 0) is 35.1 Å². The van der Waals surface area contributed by atoms with Gasteiger partial charge in [0.1, 0.15) is 6.04 Å². The van der Waals surface area contributed by atoms with E-state index in [9.17, 15) is 9.90 Å². The first-order valence-corrected chi connectivity index (χ1v) is 7.69. The van der Waals surface area contributed by atoms with E-state index < -0.39 is 12.0 Å². The van der Waals surface area contributed by atoms with E-state index >= 15 is 0 Å². The largest absolute Gasteiger partial charge is 1.00 e. The Hall–Kier alpha value is -0.360. The summed E-state index contributed by atoms with van der Waals surface area (Å²) in [6.07, 6.45) is 0.904. The zero-order valence-corrected chi connectivity index (χ0v) is 15.3. The smallest absolute Gasteiger partial charge is 1.00 e. The van der Waals surface area contributed by atoms with Crippen LogP contribution >= 0.6 is 22.9 Å². The van der Waals surface area contributed by atoms with Gasteiger partial charge in [0.2, 0.25) is 0 Å². The summed E-state index contributed by atoms with van der Waals surface area (Å²) in [4.78, 5) is 15.1. The number of carboxylic acid groups (broad SMARTS) is 1. The molecule has 6 heteroatoms. The van der Waals surface area contributed by atoms with Crippen molar-refractivity contribution in [3.05, 3.63) is 56.7 Å². The van der Waals surface area contributed by atoms with Crippen molar-refractivity contribution in [3.8, 4) is 0 Å². The summed E-state index contributed by atoms with van der Waals surface area (Å²) in [5.41, 5.74) is 1.90. The summed E-state index contributed by atoms with van der Waals surface area (Å²) in [5.74, 6) is -0.850. The van der Waals surface area contributed by atoms with E-state index in [0.29, 0.717) is 17.1 Å². The number of carboxylic acids is 1. The van der Waals surface area contributed by atoms with E-state index in [4.69, 9.17) is 11.6 Å². The average molecular weight is 332 g/mol. The van der Waals surface area contributed by atoms with Crippen LogP contribution in [0.3, 0.4) is 0 Å². The van der Waals surface area contributed by atoms with E-state index in [1.54, 1.807) is 23.5 Å². The Labute approximate surface area is 156 Å². The van der Waals surface area contributed by atoms with Gasteiger partial charge < -0.3 is 6.53 Å². The number of thiophene rings is 1. The average Bonchev–Trinajstić information content (AvgIpc) is 2.88. The predicted octanol–water partition coefficient (Wildman–Crippen LogP) is 0.702. The monoisotopic (exact) mass is 331 g/mol. The van der Waals surface area contributed by atoms with Crippen molar-refractivity contribution >= 4 is 28.9 Å². The van der Waals surface area contributed by atoms with Crippen molar-refractivity contribution in [1.29, 1.82) is 0 Å². The zero-order valence-electron chi connectivity index (χ0n) is 12.8. The van der Waals surface area contributed by atoms with Crippen LogP contribution in [0.1, 0.15) is 23.5 Å². The zero-order chi connectivity index (χ0) is 14.1. The Bertz CT molecular complexity index is 652. The maximum Gasteiger partial charge on any atom is 1.00 e. The topological polar surface area (TPSA) is 40.5 Å². The van der Waals surface area contributed by atoms with Crippen LogP contribution in [0.2, 0.25) is 5.02 Å². The molecule has 0 amide bonds. The van der Waals surface area contributed by atoms with Gasteiger partial charge in [0.15, 0.2) is 0 Å². The van der Waals surface area contributed by atoms with Crippen LogP contribution in [0.15, 0.2) is 35.7 Å². The molecule has 0 unspecified atom stereocenters. The first-order chi connectivity index (χ1) is 9.66. The fourth-order valence-electron chi connectivity index (χ4n) is 2.67. The van der Waals surface area contributed by atoms with Crippen molar-refractivity contribution in [1.82, 2.24) is 4.90 Å². The van der Waals surface area contributed by atoms with Crippen LogP contribution in [-0.2, 0) is 17.8 Å². The molecule has 1 N–H and O–H groups in total. The summed E-state index contributed by atoms with van der Waals surface area (Å²) < 4.78 is 0. The van der Waals surface area contributed by atoms with Crippen LogP contribution < -0.4 is 29.6 Å². The third kappa shape index (κ3) is 3.52. The van der Waals surface area contributed by atoms with Crippen LogP contribution in [-0.4, -0.2) is 22.5 Å². The third-order valence-electron chi connectivity index (χ3n) is 3.64. The molecule has 2 aromatic rings. The molecule has 1 aromatic heterocycles. The van der Waals surface area contributed by atoms with Gasteiger partial charge in [0.05, 0.1) is 0 Å². The second-order valence-corrected chi connectivity index (χ2v) is 6.26. The minimum absolute atomic E-state index is 0. The number of hydrogen-bond donors (Lipinski definition) is 1. The van der Waals surface area contributed by atoms with Crippen molar-refractivity contribution in [2.75, 3.05) is 6.54 Å². The molecule has 21 heavy (non-hydrogen) atoms. The van der Waals surface area contributed by atoms with Crippen LogP contribution in [0.4, 0.5) is 0 Å². The molecular weight excluding hydrogens is 317 g/mol. The Morgan fingerprint density at radius 3 is 2.86 bits per heavy atom. The number of rotatable bonds is 3. The van der Waals surface area contributed by atoms with E-state index in [1.165, 1.54) is 10.4 Å². The summed E-state index contributed by atoms with van der Waals surface area (Å²) in [6.45, 7) is 1.41. The van der Waals surface area contributed by atoms with Crippen LogP contribution in [0.25, 0.3) is 0 Å². The Morgan fingerprint density at radius 2 is 2.14 bits per heavy atom. The first-order valence-electron chi connectivity index (χ1n) is 6.43. The molecule has 0 fully saturated rings. The number of carbonyl (C=O) groups is 1. The molecular formula is C15H15ClNNaO2S. The predicted molar refractivity (Wildman–Crippen MR) is 81.4 cm³/mol. The normalized spacial score (nSPS) is 15.9. The molecule has 1 aliphatic rings. The molecule has 0 aliphatic carbocycles. The molecule has 106 valence electrons. The number of fused-ring (bicyclic) bond motifs is 1. The molecule has 0 saturated carbocycles. The van der Waals surface area contributed by atoms with Gasteiger partial charge in [-0.3, -0.25) is 9.69 Å². The molecule has 1 aromatic carbocycles. The minimum Gasteiger partial charge on any atom is -1.00 e. The number of halogens is 1. The first kappa shape index (κ1) is 17.0. The fourth-order valence-corrected chi connectivity index (χ4v) is 3.80. The van der Waals surface area contributed by atoms with E-state index in [2.05, 4.69) is 11.4 Å². The maximum atomic E-state index is 11.7. The van der Waals surface area contributed by atoms with Gasteiger partial charge in [-0.2, -0.15) is 0 Å². The minimum atomic E-state index is -0.850. The van der Waals surface area contributed by atoms with E-state index in [-0.39, 0.29) is 31.0 Å². The quantitative estimate of drug-likeness (QED) is 0.842. The van der Waals surface area contributed by atoms with Gasteiger partial charge in [-0.15, -0.1) is 11.3 Å². The van der Waals surface area contributed by atoms with Gasteiger partial charge >= 0.3 is 35.5 Å². The van der Waals surface area contributed by atoms with Crippen molar-refractivity contribution < 1.29 is 40.9 Å². The number of benzene rings is 1. The number of aliphatic carboxylic acids is 1. The van der Waals surface area contributed by atoms with Gasteiger partial charge in [0, 0.05) is 23.0 Å². The van der Waals surface area contributed by atoms with Crippen molar-refractivity contribution in [2.45, 2.75) is 19.0 Å². The molecule has 1 atom stereocenters. The maximum absolute atomic E-state index is 11.7. The van der Waals surface area contributed by atoms with Crippen LogP contribution in [0, 0.1) is 0 Å². The van der Waals surface area contributed by atoms with Crippen molar-refractivity contribution in [3.63, 3.8) is 0 Å². The fraction of sp³-hybridized carbons (Fsp3) is 0.267. The Morgan fingerprint density at radius 1 is 1.38 bits per heavy atom. The van der Waals surface area contributed by atoms with E-state index in [1.807, 2.05) is 17.0 Å². The summed E-state index contributed by atoms with van der Waals surface area (Å²) in [7, 11) is 0. The molecule has 3 rings (SSSR count). The molecule has 1 aliphatic heterocycles. The standard InChI is InChI=1S/C15H14ClNO2S.Na.H/c16-12-4-2-1-3-11(12)14(15(18)19)17-7-5-13-10(9-17)6-8-20-13;;/h1-4,6,8,14H,5,7,9H2,(H,18,19);;/q;+1;-1/t14-;;/m0../s1. The summed E-state index contributed by atoms with van der Waals surface area (Å²) in [6, 6.07) is 8.58.